The third kappa shape index (κ3) is 3.14. The highest BCUT2D eigenvalue weighted by atomic mass is 16.5. The zero-order valence-electron chi connectivity index (χ0n) is 9.76. The molecule has 0 aliphatic carbocycles. The summed E-state index contributed by atoms with van der Waals surface area (Å²) in [7, 11) is 0. The fraction of sp³-hybridized carbons (Fsp3) is 0.267. The van der Waals surface area contributed by atoms with Crippen molar-refractivity contribution in [2.24, 2.45) is 0 Å². The SMILES string of the molecule is O=CCCOCCc1cccc2ccccc12. The van der Waals surface area contributed by atoms with Crippen LogP contribution < -0.4 is 0 Å². The second kappa shape index (κ2) is 6.16. The first kappa shape index (κ1) is 11.8. The van der Waals surface area contributed by atoms with Crippen molar-refractivity contribution >= 4 is 17.1 Å². The molecule has 0 heterocycles. The van der Waals surface area contributed by atoms with E-state index in [-0.39, 0.29) is 0 Å². The molecule has 0 bridgehead atoms. The molecule has 0 saturated carbocycles. The van der Waals surface area contributed by atoms with Crippen molar-refractivity contribution in [1.82, 2.24) is 0 Å². The normalized spacial score (nSPS) is 10.6. The van der Waals surface area contributed by atoms with Crippen LogP contribution in [0.2, 0.25) is 0 Å². The Kier molecular flexibility index (Phi) is 4.28. The van der Waals surface area contributed by atoms with Gasteiger partial charge in [0.05, 0.1) is 13.2 Å². The summed E-state index contributed by atoms with van der Waals surface area (Å²) in [5, 5.41) is 2.55. The summed E-state index contributed by atoms with van der Waals surface area (Å²) in [5.41, 5.74) is 1.30. The maximum absolute atomic E-state index is 10.1. The van der Waals surface area contributed by atoms with Crippen molar-refractivity contribution in [3.63, 3.8) is 0 Å². The first-order chi connectivity index (χ1) is 8.42. The van der Waals surface area contributed by atoms with E-state index < -0.39 is 0 Å². The number of carbonyl (C=O) groups is 1. The summed E-state index contributed by atoms with van der Waals surface area (Å²) in [5.74, 6) is 0. The third-order valence-corrected chi connectivity index (χ3v) is 2.78. The van der Waals surface area contributed by atoms with Gasteiger partial charge in [-0.1, -0.05) is 42.5 Å². The molecule has 0 N–H and O–H groups in total. The van der Waals surface area contributed by atoms with Crippen LogP contribution in [-0.4, -0.2) is 19.5 Å². The van der Waals surface area contributed by atoms with Gasteiger partial charge < -0.3 is 9.53 Å². The zero-order chi connectivity index (χ0) is 11.9. The summed E-state index contributed by atoms with van der Waals surface area (Å²) in [6.45, 7) is 1.19. The van der Waals surface area contributed by atoms with Gasteiger partial charge in [-0.25, -0.2) is 0 Å². The van der Waals surface area contributed by atoms with Gasteiger partial charge in [-0.15, -0.1) is 0 Å². The number of hydrogen-bond donors (Lipinski definition) is 0. The van der Waals surface area contributed by atoms with E-state index in [1.807, 2.05) is 6.07 Å². The van der Waals surface area contributed by atoms with Gasteiger partial charge in [0.15, 0.2) is 0 Å². The lowest BCUT2D eigenvalue weighted by Gasteiger charge is -2.06. The summed E-state index contributed by atoms with van der Waals surface area (Å²) in [6.07, 6.45) is 2.26. The molecular formula is C15H16O2. The Balaban J connectivity index is 2.01. The molecule has 2 nitrogen and oxygen atoms in total. The first-order valence-electron chi connectivity index (χ1n) is 5.90. The standard InChI is InChI=1S/C15H16O2/c16-10-4-11-17-12-9-14-7-3-6-13-5-1-2-8-15(13)14/h1-3,5-8,10H,4,9,11-12H2. The van der Waals surface area contributed by atoms with E-state index in [0.717, 1.165) is 12.7 Å². The Hall–Kier alpha value is -1.67. The lowest BCUT2D eigenvalue weighted by atomic mass is 10.0. The lowest BCUT2D eigenvalue weighted by molar-refractivity contribution is -0.108. The highest BCUT2D eigenvalue weighted by Gasteiger charge is 1.99. The van der Waals surface area contributed by atoms with Crippen molar-refractivity contribution in [3.05, 3.63) is 48.0 Å². The molecule has 0 amide bonds. The molecule has 2 aromatic carbocycles. The van der Waals surface area contributed by atoms with Crippen LogP contribution in [0.5, 0.6) is 0 Å². The van der Waals surface area contributed by atoms with Crippen LogP contribution in [-0.2, 0) is 16.0 Å². The second-order valence-corrected chi connectivity index (χ2v) is 3.96. The summed E-state index contributed by atoms with van der Waals surface area (Å²) in [6, 6.07) is 14.7. The van der Waals surface area contributed by atoms with Crippen LogP contribution in [0.3, 0.4) is 0 Å². The second-order valence-electron chi connectivity index (χ2n) is 3.96. The molecule has 2 aromatic rings. The van der Waals surface area contributed by atoms with Crippen molar-refractivity contribution in [2.75, 3.05) is 13.2 Å². The number of rotatable bonds is 6. The number of ether oxygens (including phenoxy) is 1. The van der Waals surface area contributed by atoms with Crippen molar-refractivity contribution in [1.29, 1.82) is 0 Å². The minimum atomic E-state index is 0.482. The average Bonchev–Trinajstić information content (AvgIpc) is 2.39. The predicted molar refractivity (Wildman–Crippen MR) is 69.2 cm³/mol. The number of fused-ring (bicyclic) bond motifs is 1. The van der Waals surface area contributed by atoms with E-state index in [0.29, 0.717) is 19.6 Å². The predicted octanol–water partition coefficient (Wildman–Crippen LogP) is 2.99. The molecule has 0 fully saturated rings. The van der Waals surface area contributed by atoms with Crippen molar-refractivity contribution < 1.29 is 9.53 Å². The summed E-state index contributed by atoms with van der Waals surface area (Å²) < 4.78 is 5.40. The summed E-state index contributed by atoms with van der Waals surface area (Å²) >= 11 is 0. The Bertz CT molecular complexity index is 486. The first-order valence-corrected chi connectivity index (χ1v) is 5.90. The maximum Gasteiger partial charge on any atom is 0.122 e. The van der Waals surface area contributed by atoms with Crippen LogP contribution in [0.15, 0.2) is 42.5 Å². The van der Waals surface area contributed by atoms with Gasteiger partial charge in [-0.05, 0) is 22.8 Å². The molecule has 0 radical (unpaired) electrons. The topological polar surface area (TPSA) is 26.3 Å². The Morgan fingerprint density at radius 2 is 1.82 bits per heavy atom. The fourth-order valence-electron chi connectivity index (χ4n) is 1.93. The van der Waals surface area contributed by atoms with Gasteiger partial charge in [-0.3, -0.25) is 0 Å². The molecule has 0 aliphatic heterocycles. The zero-order valence-corrected chi connectivity index (χ0v) is 9.76. The molecule has 2 rings (SSSR count). The Labute approximate surface area is 101 Å². The van der Waals surface area contributed by atoms with E-state index in [4.69, 9.17) is 4.74 Å². The monoisotopic (exact) mass is 228 g/mol. The van der Waals surface area contributed by atoms with Crippen molar-refractivity contribution in [2.45, 2.75) is 12.8 Å². The van der Waals surface area contributed by atoms with Gasteiger partial charge in [0.2, 0.25) is 0 Å². The molecule has 0 saturated heterocycles. The van der Waals surface area contributed by atoms with E-state index in [9.17, 15) is 4.79 Å². The molecule has 0 aromatic heterocycles. The van der Waals surface area contributed by atoms with Gasteiger partial charge >= 0.3 is 0 Å². The maximum atomic E-state index is 10.1. The third-order valence-electron chi connectivity index (χ3n) is 2.78. The lowest BCUT2D eigenvalue weighted by Crippen LogP contribution is -2.01. The van der Waals surface area contributed by atoms with Crippen LogP contribution in [0, 0.1) is 0 Å². The van der Waals surface area contributed by atoms with Gasteiger partial charge in [-0.2, -0.15) is 0 Å². The van der Waals surface area contributed by atoms with Crippen LogP contribution >= 0.6 is 0 Å². The van der Waals surface area contributed by atoms with Crippen LogP contribution in [0.1, 0.15) is 12.0 Å². The average molecular weight is 228 g/mol. The van der Waals surface area contributed by atoms with Gasteiger partial charge in [0.1, 0.15) is 6.29 Å². The van der Waals surface area contributed by atoms with E-state index in [1.165, 1.54) is 16.3 Å². The van der Waals surface area contributed by atoms with E-state index >= 15 is 0 Å². The number of aldehydes is 1. The van der Waals surface area contributed by atoms with E-state index in [1.54, 1.807) is 0 Å². The summed E-state index contributed by atoms with van der Waals surface area (Å²) in [4.78, 5) is 10.1. The number of hydrogen-bond acceptors (Lipinski definition) is 2. The van der Waals surface area contributed by atoms with Gasteiger partial charge in [0, 0.05) is 6.42 Å². The quantitative estimate of drug-likeness (QED) is 0.561. The largest absolute Gasteiger partial charge is 0.381 e. The van der Waals surface area contributed by atoms with Gasteiger partial charge in [0.25, 0.3) is 0 Å². The molecule has 17 heavy (non-hydrogen) atoms. The fourth-order valence-corrected chi connectivity index (χ4v) is 1.93. The minimum Gasteiger partial charge on any atom is -0.381 e. The van der Waals surface area contributed by atoms with Crippen LogP contribution in [0.25, 0.3) is 10.8 Å². The molecule has 0 aliphatic rings. The highest BCUT2D eigenvalue weighted by Crippen LogP contribution is 2.18. The molecule has 2 heteroatoms. The highest BCUT2D eigenvalue weighted by molar-refractivity contribution is 5.85. The minimum absolute atomic E-state index is 0.482. The molecule has 88 valence electrons. The Morgan fingerprint density at radius 1 is 1.00 bits per heavy atom. The number of carbonyl (C=O) groups excluding carboxylic acids is 1. The Morgan fingerprint density at radius 3 is 2.71 bits per heavy atom. The molecule has 0 unspecified atom stereocenters. The molecular weight excluding hydrogens is 212 g/mol. The van der Waals surface area contributed by atoms with E-state index in [2.05, 4.69) is 36.4 Å². The van der Waals surface area contributed by atoms with Crippen molar-refractivity contribution in [3.8, 4) is 0 Å². The molecule has 0 spiro atoms. The van der Waals surface area contributed by atoms with Crippen LogP contribution in [0.4, 0.5) is 0 Å². The number of benzene rings is 2. The smallest absolute Gasteiger partial charge is 0.122 e. The molecule has 0 atom stereocenters.